The van der Waals surface area contributed by atoms with E-state index in [0.29, 0.717) is 23.0 Å². The molecule has 0 atom stereocenters. The lowest BCUT2D eigenvalue weighted by Gasteiger charge is -2.07. The molecular formula is C24H24N4O3. The first-order valence-electron chi connectivity index (χ1n) is 10.0. The average Bonchev–Trinajstić information content (AvgIpc) is 3.31. The van der Waals surface area contributed by atoms with Crippen LogP contribution in [-0.2, 0) is 11.3 Å². The number of carbonyl (C=O) groups is 1. The summed E-state index contributed by atoms with van der Waals surface area (Å²) in [6, 6.07) is 13.9. The number of ether oxygens (including phenoxy) is 1. The number of aryl methyl sites for hydroxylation is 4. The zero-order chi connectivity index (χ0) is 22.1. The Morgan fingerprint density at radius 3 is 2.45 bits per heavy atom. The first-order valence-corrected chi connectivity index (χ1v) is 10.0. The van der Waals surface area contributed by atoms with Crippen molar-refractivity contribution in [2.75, 3.05) is 0 Å². The van der Waals surface area contributed by atoms with Crippen LogP contribution in [0, 0.1) is 34.6 Å². The van der Waals surface area contributed by atoms with E-state index in [4.69, 9.17) is 9.15 Å². The molecule has 0 spiro atoms. The van der Waals surface area contributed by atoms with Crippen LogP contribution in [0.3, 0.4) is 0 Å². The first kappa shape index (κ1) is 20.5. The zero-order valence-electron chi connectivity index (χ0n) is 18.3. The molecular weight excluding hydrogens is 392 g/mol. The quantitative estimate of drug-likeness (QED) is 0.434. The summed E-state index contributed by atoms with van der Waals surface area (Å²) < 4.78 is 12.8. The van der Waals surface area contributed by atoms with Gasteiger partial charge in [-0.25, -0.2) is 14.5 Å². The third-order valence-corrected chi connectivity index (χ3v) is 5.35. The maximum Gasteiger partial charge on any atom is 0.361 e. The second kappa shape index (κ2) is 8.18. The maximum atomic E-state index is 12.6. The summed E-state index contributed by atoms with van der Waals surface area (Å²) in [5, 5.41) is 8.17. The van der Waals surface area contributed by atoms with E-state index in [9.17, 15) is 4.79 Å². The Morgan fingerprint density at radius 1 is 1.00 bits per heavy atom. The van der Waals surface area contributed by atoms with Crippen molar-refractivity contribution in [3.05, 3.63) is 82.0 Å². The molecule has 0 aliphatic heterocycles. The van der Waals surface area contributed by atoms with Gasteiger partial charge in [0.2, 0.25) is 5.89 Å². The summed E-state index contributed by atoms with van der Waals surface area (Å²) in [4.78, 5) is 17.1. The third-order valence-electron chi connectivity index (χ3n) is 5.35. The number of nitrogens with zero attached hydrogens (tertiary/aromatic N) is 4. The second-order valence-corrected chi connectivity index (χ2v) is 7.67. The monoisotopic (exact) mass is 416 g/mol. The van der Waals surface area contributed by atoms with Gasteiger partial charge in [0.05, 0.1) is 11.4 Å². The summed E-state index contributed by atoms with van der Waals surface area (Å²) >= 11 is 0. The minimum absolute atomic E-state index is 0.00400. The highest BCUT2D eigenvalue weighted by molar-refractivity contribution is 5.88. The fourth-order valence-electron chi connectivity index (χ4n) is 3.20. The lowest BCUT2D eigenvalue weighted by molar-refractivity contribution is 0.0459. The number of esters is 1. The maximum absolute atomic E-state index is 12.6. The van der Waals surface area contributed by atoms with Crippen molar-refractivity contribution < 1.29 is 13.9 Å². The minimum Gasteiger partial charge on any atom is -0.454 e. The molecule has 0 N–H and O–H groups in total. The number of rotatable bonds is 5. The van der Waals surface area contributed by atoms with Gasteiger partial charge in [0.25, 0.3) is 0 Å². The Balaban J connectivity index is 1.49. The van der Waals surface area contributed by atoms with E-state index >= 15 is 0 Å². The van der Waals surface area contributed by atoms with Gasteiger partial charge in [0.15, 0.2) is 5.69 Å². The number of carbonyl (C=O) groups excluding carboxylic acids is 1. The Labute approximate surface area is 180 Å². The van der Waals surface area contributed by atoms with Crippen molar-refractivity contribution in [2.45, 2.75) is 41.2 Å². The van der Waals surface area contributed by atoms with Gasteiger partial charge in [-0.1, -0.05) is 29.0 Å². The van der Waals surface area contributed by atoms with Crippen LogP contribution in [0.4, 0.5) is 0 Å². The number of aromatic nitrogens is 4. The Morgan fingerprint density at radius 2 is 1.74 bits per heavy atom. The van der Waals surface area contributed by atoms with Crippen molar-refractivity contribution in [1.29, 1.82) is 0 Å². The van der Waals surface area contributed by atoms with Crippen LogP contribution in [0.5, 0.6) is 0 Å². The lowest BCUT2D eigenvalue weighted by Crippen LogP contribution is -2.09. The van der Waals surface area contributed by atoms with E-state index in [1.54, 1.807) is 18.5 Å². The van der Waals surface area contributed by atoms with Crippen molar-refractivity contribution >= 4 is 5.97 Å². The van der Waals surface area contributed by atoms with Gasteiger partial charge in [-0.15, -0.1) is 5.10 Å². The molecule has 0 fully saturated rings. The van der Waals surface area contributed by atoms with E-state index < -0.39 is 5.97 Å². The standard InChI is InChI=1S/C24H24N4O3/c1-14-6-9-19(10-7-14)23-25-21(18(5)31-23)13-30-24(29)22-17(4)28(27-26-22)20-11-8-15(2)16(3)12-20/h6-12H,13H2,1-5H3. The average molecular weight is 416 g/mol. The molecule has 0 bridgehead atoms. The molecule has 0 aliphatic carbocycles. The van der Waals surface area contributed by atoms with Gasteiger partial charge < -0.3 is 9.15 Å². The van der Waals surface area contributed by atoms with Crippen molar-refractivity contribution in [3.8, 4) is 17.1 Å². The van der Waals surface area contributed by atoms with Gasteiger partial charge in [-0.2, -0.15) is 0 Å². The van der Waals surface area contributed by atoms with Crippen LogP contribution in [0.2, 0.25) is 0 Å². The van der Waals surface area contributed by atoms with Crippen LogP contribution in [0.1, 0.15) is 44.3 Å². The van der Waals surface area contributed by atoms with Crippen molar-refractivity contribution in [2.24, 2.45) is 0 Å². The summed E-state index contributed by atoms with van der Waals surface area (Å²) in [5.74, 6) is 0.561. The SMILES string of the molecule is Cc1ccc(-c2nc(COC(=O)c3nnn(-c4ccc(C)c(C)c4)c3C)c(C)o2)cc1. The van der Waals surface area contributed by atoms with Gasteiger partial charge >= 0.3 is 5.97 Å². The number of hydrogen-bond donors (Lipinski definition) is 0. The van der Waals surface area contributed by atoms with E-state index in [1.807, 2.05) is 63.2 Å². The molecule has 158 valence electrons. The fourth-order valence-corrected chi connectivity index (χ4v) is 3.20. The molecule has 2 aromatic heterocycles. The van der Waals surface area contributed by atoms with E-state index in [0.717, 1.165) is 22.4 Å². The first-order chi connectivity index (χ1) is 14.8. The van der Waals surface area contributed by atoms with E-state index in [1.165, 1.54) is 5.56 Å². The van der Waals surface area contributed by atoms with Gasteiger partial charge in [-0.3, -0.25) is 0 Å². The Hall–Kier alpha value is -3.74. The number of oxazole rings is 1. The predicted molar refractivity (Wildman–Crippen MR) is 116 cm³/mol. The predicted octanol–water partition coefficient (Wildman–Crippen LogP) is 4.82. The normalized spacial score (nSPS) is 11.0. The highest BCUT2D eigenvalue weighted by Gasteiger charge is 2.20. The van der Waals surface area contributed by atoms with Crippen LogP contribution in [0.15, 0.2) is 46.9 Å². The molecule has 0 radical (unpaired) electrons. The van der Waals surface area contributed by atoms with Gasteiger partial charge in [-0.05, 0) is 70.0 Å². The van der Waals surface area contributed by atoms with Gasteiger partial charge in [0.1, 0.15) is 18.1 Å². The molecule has 0 unspecified atom stereocenters. The molecule has 0 saturated heterocycles. The lowest BCUT2D eigenvalue weighted by atomic mass is 10.1. The Bertz CT molecular complexity index is 1250. The highest BCUT2D eigenvalue weighted by Crippen LogP contribution is 2.23. The third kappa shape index (κ3) is 4.12. The van der Waals surface area contributed by atoms with Crippen LogP contribution in [-0.4, -0.2) is 25.9 Å². The highest BCUT2D eigenvalue weighted by atomic mass is 16.5. The molecule has 2 heterocycles. The largest absolute Gasteiger partial charge is 0.454 e. The van der Waals surface area contributed by atoms with E-state index in [2.05, 4.69) is 15.3 Å². The van der Waals surface area contributed by atoms with Gasteiger partial charge in [0, 0.05) is 5.56 Å². The minimum atomic E-state index is -0.549. The summed E-state index contributed by atoms with van der Waals surface area (Å²) in [6.07, 6.45) is 0. The summed E-state index contributed by atoms with van der Waals surface area (Å²) in [7, 11) is 0. The molecule has 0 aliphatic rings. The van der Waals surface area contributed by atoms with Crippen LogP contribution in [0.25, 0.3) is 17.1 Å². The van der Waals surface area contributed by atoms with E-state index in [-0.39, 0.29) is 12.3 Å². The molecule has 7 nitrogen and oxygen atoms in total. The zero-order valence-corrected chi connectivity index (χ0v) is 18.3. The molecule has 0 amide bonds. The number of benzene rings is 2. The summed E-state index contributed by atoms with van der Waals surface area (Å²) in [6.45, 7) is 9.69. The molecule has 2 aromatic carbocycles. The van der Waals surface area contributed by atoms with Crippen molar-refractivity contribution in [1.82, 2.24) is 20.0 Å². The molecule has 31 heavy (non-hydrogen) atoms. The molecule has 7 heteroatoms. The Kier molecular flexibility index (Phi) is 5.42. The van der Waals surface area contributed by atoms with Crippen LogP contribution < -0.4 is 0 Å². The van der Waals surface area contributed by atoms with Crippen molar-refractivity contribution in [3.63, 3.8) is 0 Å². The summed E-state index contributed by atoms with van der Waals surface area (Å²) in [5.41, 5.74) is 6.58. The molecule has 4 rings (SSSR count). The number of hydrogen-bond acceptors (Lipinski definition) is 6. The fraction of sp³-hybridized carbons (Fsp3) is 0.250. The second-order valence-electron chi connectivity index (χ2n) is 7.67. The smallest absolute Gasteiger partial charge is 0.361 e. The molecule has 4 aromatic rings. The molecule has 0 saturated carbocycles. The topological polar surface area (TPSA) is 83.0 Å². The van der Waals surface area contributed by atoms with Crippen LogP contribution >= 0.6 is 0 Å².